The number of halogens is 1. The number of nitrogens with two attached hydrogens (primary N) is 1. The molecule has 0 aliphatic heterocycles. The molecule has 0 atom stereocenters. The molecule has 0 spiro atoms. The quantitative estimate of drug-likeness (QED) is 0.339. The Labute approximate surface area is 87.6 Å². The van der Waals surface area contributed by atoms with Gasteiger partial charge in [-0.05, 0) is 17.7 Å². The van der Waals surface area contributed by atoms with Crippen LogP contribution in [0.5, 0.6) is 0 Å². The van der Waals surface area contributed by atoms with Crippen LogP contribution in [0.2, 0.25) is 5.02 Å². The Morgan fingerprint density at radius 2 is 2.07 bits per heavy atom. The SMILES string of the molecule is CN(Cc1ccc(Cl)cc1)C(N)=NO. The summed E-state index contributed by atoms with van der Waals surface area (Å²) < 4.78 is 0. The average Bonchev–Trinajstić information content (AvgIpc) is 2.20. The highest BCUT2D eigenvalue weighted by atomic mass is 35.5. The molecule has 5 heteroatoms. The van der Waals surface area contributed by atoms with Crippen LogP contribution >= 0.6 is 11.6 Å². The van der Waals surface area contributed by atoms with E-state index in [0.717, 1.165) is 5.56 Å². The Balaban J connectivity index is 2.65. The second kappa shape index (κ2) is 4.72. The predicted molar refractivity (Wildman–Crippen MR) is 56.3 cm³/mol. The van der Waals surface area contributed by atoms with Gasteiger partial charge in [0, 0.05) is 18.6 Å². The fourth-order valence-electron chi connectivity index (χ4n) is 1.02. The summed E-state index contributed by atoms with van der Waals surface area (Å²) >= 11 is 5.74. The van der Waals surface area contributed by atoms with Crippen molar-refractivity contribution in [2.75, 3.05) is 7.05 Å². The van der Waals surface area contributed by atoms with Crippen molar-refractivity contribution in [1.29, 1.82) is 0 Å². The van der Waals surface area contributed by atoms with Crippen LogP contribution < -0.4 is 5.73 Å². The van der Waals surface area contributed by atoms with Crippen LogP contribution in [0.25, 0.3) is 0 Å². The van der Waals surface area contributed by atoms with Crippen LogP contribution in [0.15, 0.2) is 29.4 Å². The minimum atomic E-state index is 0.0833. The number of guanidine groups is 1. The molecule has 1 rings (SSSR count). The van der Waals surface area contributed by atoms with Gasteiger partial charge in [-0.3, -0.25) is 0 Å². The summed E-state index contributed by atoms with van der Waals surface area (Å²) in [6.45, 7) is 0.576. The van der Waals surface area contributed by atoms with Crippen LogP contribution in [0.1, 0.15) is 5.56 Å². The lowest BCUT2D eigenvalue weighted by Crippen LogP contribution is -2.33. The van der Waals surface area contributed by atoms with Crippen LogP contribution in [0, 0.1) is 0 Å². The van der Waals surface area contributed by atoms with Crippen LogP contribution in [-0.2, 0) is 6.54 Å². The summed E-state index contributed by atoms with van der Waals surface area (Å²) in [6, 6.07) is 7.39. The third-order valence-electron chi connectivity index (χ3n) is 1.83. The Bertz CT molecular complexity index is 323. The summed E-state index contributed by atoms with van der Waals surface area (Å²) in [7, 11) is 1.74. The summed E-state index contributed by atoms with van der Waals surface area (Å²) in [4.78, 5) is 1.63. The molecule has 0 saturated carbocycles. The fraction of sp³-hybridized carbons (Fsp3) is 0.222. The maximum Gasteiger partial charge on any atom is 0.233 e. The lowest BCUT2D eigenvalue weighted by molar-refractivity contribution is 0.304. The van der Waals surface area contributed by atoms with Crippen LogP contribution in [0.4, 0.5) is 0 Å². The van der Waals surface area contributed by atoms with E-state index in [9.17, 15) is 0 Å². The van der Waals surface area contributed by atoms with E-state index in [1.165, 1.54) is 0 Å². The number of hydrogen-bond donors (Lipinski definition) is 2. The van der Waals surface area contributed by atoms with Gasteiger partial charge in [-0.2, -0.15) is 0 Å². The van der Waals surface area contributed by atoms with Crippen molar-refractivity contribution < 1.29 is 5.21 Å². The second-order valence-corrected chi connectivity index (χ2v) is 3.38. The second-order valence-electron chi connectivity index (χ2n) is 2.94. The first-order chi connectivity index (χ1) is 6.63. The summed E-state index contributed by atoms with van der Waals surface area (Å²) in [5.74, 6) is 0.0833. The molecule has 0 amide bonds. The van der Waals surface area contributed by atoms with Gasteiger partial charge < -0.3 is 15.8 Å². The molecule has 76 valence electrons. The molecule has 0 fully saturated rings. The Morgan fingerprint density at radius 1 is 1.50 bits per heavy atom. The van der Waals surface area contributed by atoms with E-state index in [-0.39, 0.29) is 5.96 Å². The monoisotopic (exact) mass is 213 g/mol. The molecule has 0 heterocycles. The molecule has 0 radical (unpaired) electrons. The van der Waals surface area contributed by atoms with Gasteiger partial charge in [0.15, 0.2) is 0 Å². The highest BCUT2D eigenvalue weighted by Gasteiger charge is 2.02. The molecular formula is C9H12ClN3O. The first kappa shape index (κ1) is 10.7. The summed E-state index contributed by atoms with van der Waals surface area (Å²) in [6.07, 6.45) is 0. The number of benzene rings is 1. The number of rotatable bonds is 2. The molecule has 0 aromatic heterocycles. The molecule has 0 bridgehead atoms. The lowest BCUT2D eigenvalue weighted by Gasteiger charge is -2.16. The molecule has 0 saturated heterocycles. The third-order valence-corrected chi connectivity index (χ3v) is 2.08. The highest BCUT2D eigenvalue weighted by Crippen LogP contribution is 2.10. The van der Waals surface area contributed by atoms with Gasteiger partial charge in [0.2, 0.25) is 5.96 Å². The molecule has 4 nitrogen and oxygen atoms in total. The third kappa shape index (κ3) is 2.81. The maximum atomic E-state index is 8.43. The normalized spacial score (nSPS) is 11.4. The zero-order valence-electron chi connectivity index (χ0n) is 7.81. The van der Waals surface area contributed by atoms with Gasteiger partial charge >= 0.3 is 0 Å². The Morgan fingerprint density at radius 3 is 2.57 bits per heavy atom. The zero-order chi connectivity index (χ0) is 10.6. The van der Waals surface area contributed by atoms with Gasteiger partial charge in [-0.15, -0.1) is 0 Å². The molecule has 0 aliphatic rings. The smallest absolute Gasteiger partial charge is 0.233 e. The van der Waals surface area contributed by atoms with E-state index in [4.69, 9.17) is 22.5 Å². The summed E-state index contributed by atoms with van der Waals surface area (Å²) in [5, 5.41) is 12.0. The number of oxime groups is 1. The van der Waals surface area contributed by atoms with Gasteiger partial charge in [0.25, 0.3) is 0 Å². The van der Waals surface area contributed by atoms with Crippen molar-refractivity contribution in [3.05, 3.63) is 34.9 Å². The Kier molecular flexibility index (Phi) is 3.59. The first-order valence-corrected chi connectivity index (χ1v) is 4.44. The fourth-order valence-corrected chi connectivity index (χ4v) is 1.15. The van der Waals surface area contributed by atoms with E-state index < -0.39 is 0 Å². The van der Waals surface area contributed by atoms with Crippen molar-refractivity contribution in [3.8, 4) is 0 Å². The molecule has 14 heavy (non-hydrogen) atoms. The molecule has 0 unspecified atom stereocenters. The largest absolute Gasteiger partial charge is 0.408 e. The molecular weight excluding hydrogens is 202 g/mol. The molecule has 0 aliphatic carbocycles. The molecule has 1 aromatic carbocycles. The highest BCUT2D eigenvalue weighted by molar-refractivity contribution is 6.30. The lowest BCUT2D eigenvalue weighted by atomic mass is 10.2. The number of nitrogens with zero attached hydrogens (tertiary/aromatic N) is 2. The van der Waals surface area contributed by atoms with Crippen molar-refractivity contribution in [2.24, 2.45) is 10.9 Å². The van der Waals surface area contributed by atoms with Crippen molar-refractivity contribution in [1.82, 2.24) is 4.90 Å². The van der Waals surface area contributed by atoms with E-state index in [2.05, 4.69) is 5.16 Å². The first-order valence-electron chi connectivity index (χ1n) is 4.06. The zero-order valence-corrected chi connectivity index (χ0v) is 8.57. The topological polar surface area (TPSA) is 61.8 Å². The minimum Gasteiger partial charge on any atom is -0.408 e. The van der Waals surface area contributed by atoms with Crippen LogP contribution in [0.3, 0.4) is 0 Å². The van der Waals surface area contributed by atoms with Gasteiger partial charge in [-0.25, -0.2) is 0 Å². The summed E-state index contributed by atoms with van der Waals surface area (Å²) in [5.41, 5.74) is 6.44. The van der Waals surface area contributed by atoms with Gasteiger partial charge in [-0.1, -0.05) is 28.9 Å². The van der Waals surface area contributed by atoms with Crippen molar-refractivity contribution in [3.63, 3.8) is 0 Å². The van der Waals surface area contributed by atoms with Crippen molar-refractivity contribution >= 4 is 17.6 Å². The minimum absolute atomic E-state index is 0.0833. The predicted octanol–water partition coefficient (Wildman–Crippen LogP) is 1.48. The van der Waals surface area contributed by atoms with Crippen LogP contribution in [-0.4, -0.2) is 23.1 Å². The van der Waals surface area contributed by atoms with E-state index in [0.29, 0.717) is 11.6 Å². The molecule has 3 N–H and O–H groups in total. The van der Waals surface area contributed by atoms with E-state index in [1.54, 1.807) is 24.1 Å². The number of hydrogen-bond acceptors (Lipinski definition) is 2. The maximum absolute atomic E-state index is 8.43. The van der Waals surface area contributed by atoms with Gasteiger partial charge in [0.05, 0.1) is 0 Å². The van der Waals surface area contributed by atoms with E-state index in [1.807, 2.05) is 12.1 Å². The van der Waals surface area contributed by atoms with Crippen molar-refractivity contribution in [2.45, 2.75) is 6.54 Å². The Hall–Kier alpha value is -1.42. The standard InChI is InChI=1S/C9H12ClN3O/c1-13(9(11)12-14)6-7-2-4-8(10)5-3-7/h2-5,14H,6H2,1H3,(H2,11,12). The average molecular weight is 214 g/mol. The molecule has 1 aromatic rings. The van der Waals surface area contributed by atoms with Gasteiger partial charge in [0.1, 0.15) is 0 Å². The van der Waals surface area contributed by atoms with E-state index >= 15 is 0 Å².